The summed E-state index contributed by atoms with van der Waals surface area (Å²) in [6, 6.07) is 7.01. The van der Waals surface area contributed by atoms with Crippen molar-refractivity contribution < 1.29 is 9.53 Å². The van der Waals surface area contributed by atoms with Crippen molar-refractivity contribution in [3.63, 3.8) is 0 Å². The van der Waals surface area contributed by atoms with Crippen molar-refractivity contribution in [3.05, 3.63) is 41.3 Å². The Hall–Kier alpha value is -2.54. The number of amides is 1. The minimum absolute atomic E-state index is 0.159. The third-order valence-electron chi connectivity index (χ3n) is 4.30. The number of aryl methyl sites for hydroxylation is 2. The summed E-state index contributed by atoms with van der Waals surface area (Å²) in [5.41, 5.74) is 2.59. The Morgan fingerprint density at radius 2 is 1.92 bits per heavy atom. The summed E-state index contributed by atoms with van der Waals surface area (Å²) in [6.45, 7) is 5.80. The Morgan fingerprint density at radius 1 is 1.16 bits per heavy atom. The maximum atomic E-state index is 12.3. The van der Waals surface area contributed by atoms with E-state index in [9.17, 15) is 4.79 Å². The van der Waals surface area contributed by atoms with Crippen LogP contribution in [0.4, 0.5) is 5.69 Å². The molecule has 1 aliphatic rings. The first-order valence-electron chi connectivity index (χ1n) is 8.46. The Morgan fingerprint density at radius 3 is 2.56 bits per heavy atom. The highest BCUT2D eigenvalue weighted by Crippen LogP contribution is 2.17. The van der Waals surface area contributed by atoms with E-state index >= 15 is 0 Å². The van der Waals surface area contributed by atoms with Gasteiger partial charge in [0.05, 0.1) is 11.4 Å². The van der Waals surface area contributed by atoms with E-state index in [0.29, 0.717) is 11.6 Å². The number of rotatable bonds is 4. The zero-order chi connectivity index (χ0) is 17.8. The molecule has 0 aromatic carbocycles. The van der Waals surface area contributed by atoms with Crippen molar-refractivity contribution in [1.29, 1.82) is 0 Å². The first kappa shape index (κ1) is 17.3. The van der Waals surface area contributed by atoms with Crippen LogP contribution in [-0.4, -0.2) is 52.2 Å². The fourth-order valence-corrected chi connectivity index (χ4v) is 2.78. The second-order valence-electron chi connectivity index (χ2n) is 6.42. The number of hydrogen-bond donors (Lipinski definition) is 1. The second-order valence-corrected chi connectivity index (χ2v) is 6.42. The highest BCUT2D eigenvalue weighted by molar-refractivity contribution is 6.03. The Kier molecular flexibility index (Phi) is 5.23. The van der Waals surface area contributed by atoms with E-state index < -0.39 is 0 Å². The van der Waals surface area contributed by atoms with Crippen LogP contribution in [-0.2, 0) is 0 Å². The van der Waals surface area contributed by atoms with E-state index in [1.54, 1.807) is 12.1 Å². The average Bonchev–Trinajstić information content (AvgIpc) is 2.60. The SMILES string of the molecule is Cc1ccc(NC(=O)c2ccc(OC3CCN(C)CC3)nn2)c(C)n1. The third-order valence-corrected chi connectivity index (χ3v) is 4.30. The normalized spacial score (nSPS) is 15.8. The van der Waals surface area contributed by atoms with E-state index in [1.807, 2.05) is 26.0 Å². The molecule has 1 amide bonds. The zero-order valence-electron chi connectivity index (χ0n) is 14.8. The molecule has 3 heterocycles. The third kappa shape index (κ3) is 4.51. The molecule has 7 heteroatoms. The maximum Gasteiger partial charge on any atom is 0.276 e. The van der Waals surface area contributed by atoms with Crippen LogP contribution in [0, 0.1) is 13.8 Å². The van der Waals surface area contributed by atoms with Crippen molar-refractivity contribution in [2.24, 2.45) is 0 Å². The molecule has 2 aromatic rings. The van der Waals surface area contributed by atoms with Gasteiger partial charge in [-0.25, -0.2) is 0 Å². The van der Waals surface area contributed by atoms with Crippen LogP contribution in [0.15, 0.2) is 24.3 Å². The quantitative estimate of drug-likeness (QED) is 0.918. The van der Waals surface area contributed by atoms with Gasteiger partial charge in [-0.2, -0.15) is 0 Å². The van der Waals surface area contributed by atoms with Crippen LogP contribution in [0.1, 0.15) is 34.7 Å². The lowest BCUT2D eigenvalue weighted by molar-refractivity contribution is 0.101. The average molecular weight is 341 g/mol. The summed E-state index contributed by atoms with van der Waals surface area (Å²) in [4.78, 5) is 18.9. The van der Waals surface area contributed by atoms with Gasteiger partial charge in [-0.1, -0.05) is 0 Å². The molecule has 0 spiro atoms. The molecule has 7 nitrogen and oxygen atoms in total. The van der Waals surface area contributed by atoms with E-state index in [0.717, 1.165) is 37.3 Å². The van der Waals surface area contributed by atoms with Crippen molar-refractivity contribution in [3.8, 4) is 5.88 Å². The number of nitrogens with zero attached hydrogens (tertiary/aromatic N) is 4. The minimum Gasteiger partial charge on any atom is -0.473 e. The highest BCUT2D eigenvalue weighted by atomic mass is 16.5. The molecule has 2 aromatic heterocycles. The topological polar surface area (TPSA) is 80.2 Å². The standard InChI is InChI=1S/C18H23N5O2/c1-12-4-5-15(13(2)19-12)20-18(24)16-6-7-17(22-21-16)25-14-8-10-23(3)11-9-14/h4-7,14H,8-11H2,1-3H3,(H,20,24). The Balaban J connectivity index is 1.60. The summed E-state index contributed by atoms with van der Waals surface area (Å²) < 4.78 is 5.85. The van der Waals surface area contributed by atoms with Gasteiger partial charge in [0.2, 0.25) is 5.88 Å². The summed E-state index contributed by atoms with van der Waals surface area (Å²) in [5.74, 6) is 0.145. The molecule has 1 fully saturated rings. The van der Waals surface area contributed by atoms with Gasteiger partial charge in [-0.15, -0.1) is 10.2 Å². The van der Waals surface area contributed by atoms with Gasteiger partial charge in [0.15, 0.2) is 5.69 Å². The maximum absolute atomic E-state index is 12.3. The molecule has 0 bridgehead atoms. The molecular formula is C18H23N5O2. The lowest BCUT2D eigenvalue weighted by Gasteiger charge is -2.28. The summed E-state index contributed by atoms with van der Waals surface area (Å²) >= 11 is 0. The molecule has 3 rings (SSSR count). The number of piperidine rings is 1. The van der Waals surface area contributed by atoms with Crippen molar-refractivity contribution >= 4 is 11.6 Å². The van der Waals surface area contributed by atoms with Crippen LogP contribution in [0.2, 0.25) is 0 Å². The molecule has 132 valence electrons. The molecular weight excluding hydrogens is 318 g/mol. The van der Waals surface area contributed by atoms with E-state index in [-0.39, 0.29) is 17.7 Å². The van der Waals surface area contributed by atoms with Crippen LogP contribution >= 0.6 is 0 Å². The van der Waals surface area contributed by atoms with Crippen molar-refractivity contribution in [2.45, 2.75) is 32.8 Å². The van der Waals surface area contributed by atoms with Gasteiger partial charge < -0.3 is 15.0 Å². The Bertz CT molecular complexity index is 740. The van der Waals surface area contributed by atoms with Gasteiger partial charge >= 0.3 is 0 Å². The monoisotopic (exact) mass is 341 g/mol. The van der Waals surface area contributed by atoms with Gasteiger partial charge in [-0.05, 0) is 51.9 Å². The van der Waals surface area contributed by atoms with Crippen molar-refractivity contribution in [1.82, 2.24) is 20.1 Å². The number of carbonyl (C=O) groups is 1. The number of ether oxygens (including phenoxy) is 1. The molecule has 0 atom stereocenters. The summed E-state index contributed by atoms with van der Waals surface area (Å²) in [7, 11) is 2.11. The number of nitrogens with one attached hydrogen (secondary N) is 1. The first-order valence-corrected chi connectivity index (χ1v) is 8.46. The fraction of sp³-hybridized carbons (Fsp3) is 0.444. The zero-order valence-corrected chi connectivity index (χ0v) is 14.8. The lowest BCUT2D eigenvalue weighted by Crippen LogP contribution is -2.35. The predicted octanol–water partition coefficient (Wildman–Crippen LogP) is 2.21. The number of hydrogen-bond acceptors (Lipinski definition) is 6. The van der Waals surface area contributed by atoms with Crippen LogP contribution in [0.25, 0.3) is 0 Å². The summed E-state index contributed by atoms with van der Waals surface area (Å²) in [6.07, 6.45) is 2.10. The van der Waals surface area contributed by atoms with Gasteiger partial charge in [0.25, 0.3) is 5.91 Å². The largest absolute Gasteiger partial charge is 0.473 e. The molecule has 25 heavy (non-hydrogen) atoms. The molecule has 1 N–H and O–H groups in total. The number of likely N-dealkylation sites (tertiary alicyclic amines) is 1. The van der Waals surface area contributed by atoms with E-state index in [2.05, 4.69) is 32.4 Å². The number of carbonyl (C=O) groups excluding carboxylic acids is 1. The van der Waals surface area contributed by atoms with Gasteiger partial charge in [0.1, 0.15) is 6.10 Å². The highest BCUT2D eigenvalue weighted by Gasteiger charge is 2.19. The van der Waals surface area contributed by atoms with E-state index in [4.69, 9.17) is 4.74 Å². The number of pyridine rings is 1. The second kappa shape index (κ2) is 7.57. The summed E-state index contributed by atoms with van der Waals surface area (Å²) in [5, 5.41) is 10.8. The van der Waals surface area contributed by atoms with Gasteiger partial charge in [0, 0.05) is 24.8 Å². The lowest BCUT2D eigenvalue weighted by atomic mass is 10.1. The number of aromatic nitrogens is 3. The van der Waals surface area contributed by atoms with Gasteiger partial charge in [-0.3, -0.25) is 9.78 Å². The Labute approximate surface area is 147 Å². The minimum atomic E-state index is -0.313. The molecule has 0 unspecified atom stereocenters. The predicted molar refractivity (Wildman–Crippen MR) is 94.8 cm³/mol. The smallest absolute Gasteiger partial charge is 0.276 e. The molecule has 1 aliphatic heterocycles. The van der Waals surface area contributed by atoms with Crippen molar-refractivity contribution in [2.75, 3.05) is 25.5 Å². The first-order chi connectivity index (χ1) is 12.0. The molecule has 0 radical (unpaired) electrons. The molecule has 1 saturated heterocycles. The van der Waals surface area contributed by atoms with Crippen LogP contribution in [0.3, 0.4) is 0 Å². The van der Waals surface area contributed by atoms with Crippen LogP contribution < -0.4 is 10.1 Å². The fourth-order valence-electron chi connectivity index (χ4n) is 2.78. The number of anilines is 1. The van der Waals surface area contributed by atoms with Crippen LogP contribution in [0.5, 0.6) is 5.88 Å². The van der Waals surface area contributed by atoms with E-state index in [1.165, 1.54) is 0 Å². The molecule has 0 saturated carbocycles. The molecule has 0 aliphatic carbocycles.